The highest BCUT2D eigenvalue weighted by Crippen LogP contribution is 2.77. The van der Waals surface area contributed by atoms with Crippen molar-refractivity contribution in [1.29, 1.82) is 0 Å². The maximum atomic E-state index is 14.3. The summed E-state index contributed by atoms with van der Waals surface area (Å²) in [5, 5.41) is 9.65. The van der Waals surface area contributed by atoms with Crippen LogP contribution in [0.3, 0.4) is 0 Å². The number of aliphatic carboxylic acids is 1. The van der Waals surface area contributed by atoms with Crippen LogP contribution in [0.25, 0.3) is 0 Å². The molecule has 0 spiro atoms. The number of carboxylic acids is 1. The number of fused-ring (bicyclic) bond motifs is 7. The third-order valence-electron chi connectivity index (χ3n) is 16.8. The van der Waals surface area contributed by atoms with Gasteiger partial charge in [0, 0.05) is 43.1 Å². The van der Waals surface area contributed by atoms with Gasteiger partial charge in [-0.05, 0) is 150 Å². The lowest BCUT2D eigenvalue weighted by Gasteiger charge is -2.72. The van der Waals surface area contributed by atoms with Gasteiger partial charge in [0.1, 0.15) is 6.10 Å². The summed E-state index contributed by atoms with van der Waals surface area (Å²) in [5.74, 6) is 0.634. The van der Waals surface area contributed by atoms with E-state index < -0.39 is 17.4 Å². The molecule has 0 radical (unpaired) electrons. The van der Waals surface area contributed by atoms with E-state index in [2.05, 4.69) is 89.5 Å². The van der Waals surface area contributed by atoms with Crippen molar-refractivity contribution < 1.29 is 24.2 Å². The Bertz CT molecular complexity index is 1650. The van der Waals surface area contributed by atoms with Crippen LogP contribution in [0.5, 0.6) is 0 Å². The summed E-state index contributed by atoms with van der Waals surface area (Å²) in [4.78, 5) is 48.7. The summed E-state index contributed by atoms with van der Waals surface area (Å²) >= 11 is 0. The first-order valence-electron chi connectivity index (χ1n) is 21.6. The molecule has 4 saturated carbocycles. The number of Topliss-reactive ketones (excluding diaryl/α,β-unsaturated/α-hetero) is 1. The van der Waals surface area contributed by atoms with E-state index in [4.69, 9.17) is 4.74 Å². The number of rotatable bonds is 13. The Morgan fingerprint density at radius 3 is 2.29 bits per heavy atom. The number of carboxylic acid groups (broad SMARTS) is 1. The van der Waals surface area contributed by atoms with Gasteiger partial charge in [0.05, 0.1) is 17.5 Å². The zero-order chi connectivity index (χ0) is 40.4. The molecule has 5 aliphatic carbocycles. The number of allylic oxidation sites excluding steroid dienone is 2. The maximum absolute atomic E-state index is 14.3. The second kappa shape index (κ2) is 15.0. The number of carbonyl (C=O) groups excluding carboxylic acids is 2. The van der Waals surface area contributed by atoms with Crippen molar-refractivity contribution in [3.05, 3.63) is 41.2 Å². The monoisotopic (exact) mass is 760 g/mol. The summed E-state index contributed by atoms with van der Waals surface area (Å²) in [6.45, 7) is 23.9. The molecular weight excluding hydrogens is 687 g/mol. The van der Waals surface area contributed by atoms with E-state index in [1.165, 1.54) is 6.42 Å². The lowest BCUT2D eigenvalue weighted by atomic mass is 9.33. The highest BCUT2D eigenvalue weighted by molar-refractivity contribution is 6.00. The minimum absolute atomic E-state index is 0.0647. The number of carbonyl (C=O) groups is 3. The molecule has 0 aliphatic heterocycles. The fourth-order valence-electron chi connectivity index (χ4n) is 13.6. The molecule has 306 valence electrons. The van der Waals surface area contributed by atoms with Gasteiger partial charge in [0.15, 0.2) is 5.78 Å². The lowest BCUT2D eigenvalue weighted by Crippen LogP contribution is -2.65. The predicted octanol–water partition coefficient (Wildman–Crippen LogP) is 9.23. The summed E-state index contributed by atoms with van der Waals surface area (Å²) in [6.07, 6.45) is 11.9. The van der Waals surface area contributed by atoms with Crippen molar-refractivity contribution in [1.82, 2.24) is 14.8 Å². The first-order chi connectivity index (χ1) is 25.6. The molecule has 0 unspecified atom stereocenters. The fourth-order valence-corrected chi connectivity index (χ4v) is 13.6. The van der Waals surface area contributed by atoms with Crippen molar-refractivity contribution >= 4 is 17.7 Å². The molecule has 0 bridgehead atoms. The highest BCUT2D eigenvalue weighted by Gasteiger charge is 2.70. The van der Waals surface area contributed by atoms with E-state index in [9.17, 15) is 19.5 Å². The molecule has 8 atom stereocenters. The van der Waals surface area contributed by atoms with E-state index in [0.29, 0.717) is 30.0 Å². The van der Waals surface area contributed by atoms with Gasteiger partial charge in [0.2, 0.25) is 0 Å². The molecule has 1 aromatic rings. The highest BCUT2D eigenvalue weighted by atomic mass is 16.5. The van der Waals surface area contributed by atoms with Crippen molar-refractivity contribution in [2.75, 3.05) is 33.7 Å². The average Bonchev–Trinajstić information content (AvgIpc) is 3.40. The van der Waals surface area contributed by atoms with Crippen LogP contribution in [0.1, 0.15) is 139 Å². The smallest absolute Gasteiger partial charge is 0.309 e. The van der Waals surface area contributed by atoms with E-state index in [0.717, 1.165) is 88.8 Å². The molecule has 0 aromatic carbocycles. The number of esters is 1. The topological polar surface area (TPSA) is 100 Å². The maximum Gasteiger partial charge on any atom is 0.309 e. The van der Waals surface area contributed by atoms with Gasteiger partial charge in [-0.15, -0.1) is 0 Å². The van der Waals surface area contributed by atoms with E-state index >= 15 is 0 Å². The van der Waals surface area contributed by atoms with Crippen molar-refractivity contribution in [2.45, 2.75) is 146 Å². The van der Waals surface area contributed by atoms with Crippen LogP contribution in [0, 0.1) is 56.2 Å². The number of pyridine rings is 1. The number of likely N-dealkylation sites (N-methyl/N-ethyl adjacent to an activating group) is 1. The number of aromatic nitrogens is 1. The van der Waals surface area contributed by atoms with E-state index in [-0.39, 0.29) is 45.5 Å². The van der Waals surface area contributed by atoms with Crippen LogP contribution < -0.4 is 0 Å². The fraction of sp³-hybridized carbons (Fsp3) is 0.787. The van der Waals surface area contributed by atoms with Gasteiger partial charge in [-0.3, -0.25) is 24.3 Å². The molecule has 5 aliphatic rings. The third kappa shape index (κ3) is 7.27. The zero-order valence-corrected chi connectivity index (χ0v) is 36.2. The molecule has 55 heavy (non-hydrogen) atoms. The number of hydrogen-bond donors (Lipinski definition) is 1. The van der Waals surface area contributed by atoms with Crippen LogP contribution in [-0.4, -0.2) is 77.4 Å². The molecule has 0 amide bonds. The molecule has 0 saturated heterocycles. The third-order valence-corrected chi connectivity index (χ3v) is 16.8. The van der Waals surface area contributed by atoms with Gasteiger partial charge in [-0.25, -0.2) is 0 Å². The molecule has 6 rings (SSSR count). The number of nitrogens with zero attached hydrogens (tertiary/aromatic N) is 3. The van der Waals surface area contributed by atoms with Crippen molar-refractivity contribution in [2.24, 2.45) is 56.2 Å². The second-order valence-corrected chi connectivity index (χ2v) is 21.3. The second-order valence-electron chi connectivity index (χ2n) is 21.3. The van der Waals surface area contributed by atoms with E-state index in [1.807, 2.05) is 12.3 Å². The van der Waals surface area contributed by atoms with Crippen LogP contribution >= 0.6 is 0 Å². The van der Waals surface area contributed by atoms with Gasteiger partial charge < -0.3 is 14.7 Å². The van der Waals surface area contributed by atoms with Gasteiger partial charge in [0.25, 0.3) is 0 Å². The first kappa shape index (κ1) is 42.0. The Balaban J connectivity index is 1.26. The summed E-state index contributed by atoms with van der Waals surface area (Å²) in [7, 11) is 4.28. The molecule has 8 heteroatoms. The van der Waals surface area contributed by atoms with Crippen molar-refractivity contribution in [3.63, 3.8) is 0 Å². The predicted molar refractivity (Wildman–Crippen MR) is 218 cm³/mol. The Morgan fingerprint density at radius 2 is 1.65 bits per heavy atom. The normalized spacial score (nSPS) is 35.7. The Morgan fingerprint density at radius 1 is 0.927 bits per heavy atom. The Labute approximate surface area is 332 Å². The summed E-state index contributed by atoms with van der Waals surface area (Å²) < 4.78 is 6.21. The van der Waals surface area contributed by atoms with Crippen molar-refractivity contribution in [3.8, 4) is 0 Å². The van der Waals surface area contributed by atoms with Crippen LogP contribution in [0.2, 0.25) is 0 Å². The Kier molecular flexibility index (Phi) is 11.4. The van der Waals surface area contributed by atoms with Crippen LogP contribution in [0.15, 0.2) is 35.5 Å². The van der Waals surface area contributed by atoms with Gasteiger partial charge in [-0.2, -0.15) is 0 Å². The number of ether oxygens (including phenoxy) is 1. The quantitative estimate of drug-likeness (QED) is 0.199. The Hall–Kier alpha value is -2.58. The average molecular weight is 760 g/mol. The van der Waals surface area contributed by atoms with Gasteiger partial charge >= 0.3 is 11.9 Å². The minimum Gasteiger partial charge on any atom is -0.481 e. The number of hydrogen-bond acceptors (Lipinski definition) is 7. The molecule has 8 nitrogen and oxygen atoms in total. The lowest BCUT2D eigenvalue weighted by molar-refractivity contribution is -0.233. The molecular formula is C47H73N3O5. The van der Waals surface area contributed by atoms with Crippen LogP contribution in [-0.2, 0) is 25.7 Å². The summed E-state index contributed by atoms with van der Waals surface area (Å²) in [5.41, 5.74) is 2.74. The largest absolute Gasteiger partial charge is 0.481 e. The molecule has 4 fully saturated rings. The summed E-state index contributed by atoms with van der Waals surface area (Å²) in [6, 6.07) is 6.20. The first-order valence-corrected chi connectivity index (χ1v) is 21.6. The molecule has 1 aromatic heterocycles. The van der Waals surface area contributed by atoms with E-state index in [1.54, 1.807) is 19.4 Å². The zero-order valence-electron chi connectivity index (χ0n) is 36.2. The van der Waals surface area contributed by atoms with Gasteiger partial charge in [-0.1, -0.05) is 60.1 Å². The molecule has 1 heterocycles. The van der Waals surface area contributed by atoms with Crippen LogP contribution in [0.4, 0.5) is 0 Å². The standard InChI is InChI=1S/C47H73N3O5/c1-31(2)39-34(51)28-47(23-25-50(27-26-49(10)11)30-32-14-12-13-24-48-32)22-21-45(8)33(40(39)47)15-16-36-44(7)19-18-37(55-38(52)29-42(3,4)41(53)54)43(5,6)35(44)17-20-46(36,45)9/h12-14,24,31,33,35-37H,15-23,25-30H2,1-11H3,(H,53,54)/t33-,35+,36-,37+,44+,45-,46-,47-/m1/s1. The SMILES string of the molecule is CC(C)C1=C2[C@H]3CC[C@@H]4[C@@]5(C)CC[C@H](OC(=O)CC(C)(C)C(=O)O)C(C)(C)[C@@H]5CC[C@@]4(C)[C@]3(C)CC[C@@]2(CCN(CCN(C)C)Cc2ccccn2)CC1=O. The number of ketones is 1. The molecule has 1 N–H and O–H groups in total. The minimum atomic E-state index is -1.15.